The van der Waals surface area contributed by atoms with Crippen molar-refractivity contribution in [1.29, 1.82) is 0 Å². The van der Waals surface area contributed by atoms with E-state index in [0.717, 1.165) is 6.07 Å². The van der Waals surface area contributed by atoms with Gasteiger partial charge in [0.25, 0.3) is 0 Å². The van der Waals surface area contributed by atoms with Crippen molar-refractivity contribution >= 4 is 5.69 Å². The first-order valence-corrected chi connectivity index (χ1v) is 4.11. The molecule has 0 saturated heterocycles. The SMILES string of the molecule is [2H]c1cc([2H])c(NC(C)(C)C)c(=O)c([2H])c1. The molecule has 0 saturated carbocycles. The van der Waals surface area contributed by atoms with Crippen molar-refractivity contribution in [2.45, 2.75) is 26.3 Å². The van der Waals surface area contributed by atoms with Gasteiger partial charge < -0.3 is 5.32 Å². The van der Waals surface area contributed by atoms with Crippen LogP contribution < -0.4 is 10.7 Å². The molecule has 0 aliphatic heterocycles. The smallest absolute Gasteiger partial charge is 0.201 e. The van der Waals surface area contributed by atoms with Crippen LogP contribution in [0.2, 0.25) is 0 Å². The fraction of sp³-hybridized carbons (Fsp3) is 0.364. The molecule has 1 N–H and O–H groups in total. The fourth-order valence-corrected chi connectivity index (χ4v) is 0.868. The molecular weight excluding hydrogens is 162 g/mol. The summed E-state index contributed by atoms with van der Waals surface area (Å²) in [6, 6.07) is 2.08. The van der Waals surface area contributed by atoms with E-state index < -0.39 is 5.43 Å². The van der Waals surface area contributed by atoms with Crippen LogP contribution in [0, 0.1) is 0 Å². The molecular formula is C11H15NO. The maximum Gasteiger partial charge on any atom is 0.201 e. The average molecular weight is 180 g/mol. The van der Waals surface area contributed by atoms with Crippen LogP contribution >= 0.6 is 0 Å². The Bertz CT molecular complexity index is 466. The van der Waals surface area contributed by atoms with E-state index in [1.54, 1.807) is 0 Å². The quantitative estimate of drug-likeness (QED) is 0.718. The monoisotopic (exact) mass is 180 g/mol. The van der Waals surface area contributed by atoms with Crippen LogP contribution in [0.25, 0.3) is 0 Å². The molecule has 1 rings (SSSR count). The first kappa shape index (κ1) is 6.19. The highest BCUT2D eigenvalue weighted by Gasteiger charge is 2.09. The highest BCUT2D eigenvalue weighted by molar-refractivity contribution is 5.43. The van der Waals surface area contributed by atoms with Gasteiger partial charge in [0.05, 0.1) is 9.80 Å². The van der Waals surface area contributed by atoms with Crippen LogP contribution in [0.3, 0.4) is 0 Å². The van der Waals surface area contributed by atoms with Gasteiger partial charge in [-0.2, -0.15) is 0 Å². The summed E-state index contributed by atoms with van der Waals surface area (Å²) in [5.74, 6) is 0. The van der Waals surface area contributed by atoms with Crippen molar-refractivity contribution in [3.63, 3.8) is 0 Å². The molecule has 0 aliphatic rings. The minimum absolute atomic E-state index is 0.00550. The zero-order valence-electron chi connectivity index (χ0n) is 11.1. The topological polar surface area (TPSA) is 29.1 Å². The third-order valence-corrected chi connectivity index (χ3v) is 1.31. The van der Waals surface area contributed by atoms with E-state index in [2.05, 4.69) is 5.32 Å². The molecule has 0 unspecified atom stereocenters. The summed E-state index contributed by atoms with van der Waals surface area (Å²) in [7, 11) is 0. The first-order valence-electron chi connectivity index (χ1n) is 5.61. The molecule has 0 amide bonds. The maximum absolute atomic E-state index is 11.8. The summed E-state index contributed by atoms with van der Waals surface area (Å²) in [5, 5.41) is 2.90. The minimum Gasteiger partial charge on any atom is -0.377 e. The van der Waals surface area contributed by atoms with Gasteiger partial charge in [0.2, 0.25) is 5.43 Å². The van der Waals surface area contributed by atoms with Crippen LogP contribution in [0.15, 0.2) is 35.1 Å². The van der Waals surface area contributed by atoms with Crippen LogP contribution in [0.4, 0.5) is 5.69 Å². The highest BCUT2D eigenvalue weighted by atomic mass is 16.1. The maximum atomic E-state index is 11.8. The number of hydrogen-bond acceptors (Lipinski definition) is 2. The standard InChI is InChI=1S/C11H15NO/c1-11(2,3)12-9-7-5-4-6-8-10(9)13/h4-8H,1-3H3,(H,12,13)/i4D,7D,8D. The van der Waals surface area contributed by atoms with Crippen molar-refractivity contribution in [2.75, 3.05) is 5.32 Å². The Kier molecular flexibility index (Phi) is 1.72. The Morgan fingerprint density at radius 2 is 1.92 bits per heavy atom. The average Bonchev–Trinajstić information content (AvgIpc) is 2.16. The lowest BCUT2D eigenvalue weighted by atomic mass is 10.1. The Hall–Kier alpha value is -1.31. The summed E-state index contributed by atoms with van der Waals surface area (Å²) < 4.78 is 22.6. The van der Waals surface area contributed by atoms with Crippen molar-refractivity contribution in [2.24, 2.45) is 0 Å². The molecule has 2 nitrogen and oxygen atoms in total. The minimum atomic E-state index is -0.543. The molecule has 0 aromatic heterocycles. The fourth-order valence-electron chi connectivity index (χ4n) is 0.868. The molecule has 70 valence electrons. The van der Waals surface area contributed by atoms with Crippen LogP contribution in [-0.2, 0) is 0 Å². The van der Waals surface area contributed by atoms with Crippen LogP contribution in [-0.4, -0.2) is 5.54 Å². The summed E-state index contributed by atoms with van der Waals surface area (Å²) in [6.45, 7) is 5.60. The molecule has 13 heavy (non-hydrogen) atoms. The zero-order valence-corrected chi connectivity index (χ0v) is 8.06. The van der Waals surface area contributed by atoms with E-state index in [-0.39, 0.29) is 29.4 Å². The van der Waals surface area contributed by atoms with Gasteiger partial charge in [0.1, 0.15) is 0 Å². The Labute approximate surface area is 82.8 Å². The third kappa shape index (κ3) is 3.28. The third-order valence-electron chi connectivity index (χ3n) is 1.31. The number of rotatable bonds is 1. The summed E-state index contributed by atoms with van der Waals surface area (Å²) in [5.41, 5.74) is -0.827. The summed E-state index contributed by atoms with van der Waals surface area (Å²) in [4.78, 5) is 11.8. The molecule has 0 heterocycles. The van der Waals surface area contributed by atoms with E-state index in [0.29, 0.717) is 0 Å². The lowest BCUT2D eigenvalue weighted by Crippen LogP contribution is -2.28. The van der Waals surface area contributed by atoms with Gasteiger partial charge in [-0.3, -0.25) is 4.79 Å². The molecule has 1 aromatic carbocycles. The highest BCUT2D eigenvalue weighted by Crippen LogP contribution is 2.08. The normalized spacial score (nSPS) is 14.2. The van der Waals surface area contributed by atoms with Gasteiger partial charge in [-0.05, 0) is 32.9 Å². The van der Waals surface area contributed by atoms with Crippen LogP contribution in [0.1, 0.15) is 24.9 Å². The molecule has 0 aliphatic carbocycles. The van der Waals surface area contributed by atoms with Crippen molar-refractivity contribution < 1.29 is 4.11 Å². The van der Waals surface area contributed by atoms with Gasteiger partial charge in [-0.1, -0.05) is 18.2 Å². The molecule has 0 spiro atoms. The van der Waals surface area contributed by atoms with Gasteiger partial charge in [-0.25, -0.2) is 0 Å². The van der Waals surface area contributed by atoms with Crippen molar-refractivity contribution in [3.8, 4) is 0 Å². The largest absolute Gasteiger partial charge is 0.377 e. The zero-order chi connectivity index (χ0) is 12.5. The van der Waals surface area contributed by atoms with Crippen LogP contribution in [0.5, 0.6) is 0 Å². The van der Waals surface area contributed by atoms with E-state index in [9.17, 15) is 4.79 Å². The molecule has 0 atom stereocenters. The lowest BCUT2D eigenvalue weighted by molar-refractivity contribution is 0.633. The van der Waals surface area contributed by atoms with Gasteiger partial charge >= 0.3 is 0 Å². The van der Waals surface area contributed by atoms with Gasteiger partial charge in [-0.15, -0.1) is 0 Å². The summed E-state index contributed by atoms with van der Waals surface area (Å²) >= 11 is 0. The molecule has 0 fully saturated rings. The number of hydrogen-bond donors (Lipinski definition) is 1. The number of anilines is 1. The molecule has 0 radical (unpaired) electrons. The second-order valence-electron chi connectivity index (χ2n) is 3.82. The summed E-state index contributed by atoms with van der Waals surface area (Å²) in [6.07, 6.45) is 0. The van der Waals surface area contributed by atoms with E-state index in [1.807, 2.05) is 20.8 Å². The number of nitrogens with one attached hydrogen (secondary N) is 1. The first-order chi connectivity index (χ1) is 7.20. The van der Waals surface area contributed by atoms with Gasteiger partial charge in [0.15, 0.2) is 0 Å². The second-order valence-corrected chi connectivity index (χ2v) is 3.82. The second kappa shape index (κ2) is 3.60. The van der Waals surface area contributed by atoms with Crippen molar-refractivity contribution in [1.82, 2.24) is 0 Å². The van der Waals surface area contributed by atoms with E-state index in [4.69, 9.17) is 4.11 Å². The molecule has 2 heteroatoms. The van der Waals surface area contributed by atoms with Gasteiger partial charge in [0, 0.05) is 5.54 Å². The Morgan fingerprint density at radius 3 is 2.54 bits per heavy atom. The van der Waals surface area contributed by atoms with E-state index in [1.165, 1.54) is 6.07 Å². The van der Waals surface area contributed by atoms with Crippen molar-refractivity contribution in [3.05, 3.63) is 40.5 Å². The lowest BCUT2D eigenvalue weighted by Gasteiger charge is -2.20. The Balaban J connectivity index is 3.46. The Morgan fingerprint density at radius 1 is 1.31 bits per heavy atom. The van der Waals surface area contributed by atoms with E-state index >= 15 is 0 Å². The predicted molar refractivity (Wildman–Crippen MR) is 56.1 cm³/mol. The molecule has 1 aromatic rings. The predicted octanol–water partition coefficient (Wildman–Crippen LogP) is 2.26. The molecule has 0 bridgehead atoms.